The highest BCUT2D eigenvalue weighted by Gasteiger charge is 2.18. The van der Waals surface area contributed by atoms with Crippen molar-refractivity contribution in [3.63, 3.8) is 0 Å². The summed E-state index contributed by atoms with van der Waals surface area (Å²) in [4.78, 5) is 17.0. The Labute approximate surface area is 179 Å². The molecule has 0 N–H and O–H groups in total. The fourth-order valence-corrected chi connectivity index (χ4v) is 2.51. The average Bonchev–Trinajstić information content (AvgIpc) is 3.14. The molecule has 3 aromatic rings. The lowest BCUT2D eigenvalue weighted by Gasteiger charge is -2.22. The number of hydrogen-bond donors (Lipinski definition) is 0. The van der Waals surface area contributed by atoms with Gasteiger partial charge in [-0.25, -0.2) is 9.78 Å². The summed E-state index contributed by atoms with van der Waals surface area (Å²) in [6, 6.07) is 20.3. The van der Waals surface area contributed by atoms with Gasteiger partial charge < -0.3 is 14.1 Å². The third-order valence-corrected chi connectivity index (χ3v) is 3.98. The first-order valence-corrected chi connectivity index (χ1v) is 10.1. The SMILES string of the molecule is CC(C)c1nc(-c2ccccc2)c(-c2ccccc2)o1.CN(C)C(=O)OC(C)(C)C. The van der Waals surface area contributed by atoms with Crippen molar-refractivity contribution >= 4 is 6.09 Å². The molecular weight excluding hydrogens is 376 g/mol. The monoisotopic (exact) mass is 408 g/mol. The van der Waals surface area contributed by atoms with Crippen molar-refractivity contribution in [3.8, 4) is 22.6 Å². The highest BCUT2D eigenvalue weighted by Crippen LogP contribution is 2.34. The number of aromatic nitrogens is 1. The van der Waals surface area contributed by atoms with Gasteiger partial charge in [-0.15, -0.1) is 0 Å². The lowest BCUT2D eigenvalue weighted by molar-refractivity contribution is 0.0341. The number of rotatable bonds is 3. The summed E-state index contributed by atoms with van der Waals surface area (Å²) in [6.45, 7) is 9.71. The Morgan fingerprint density at radius 2 is 1.43 bits per heavy atom. The van der Waals surface area contributed by atoms with E-state index in [9.17, 15) is 4.79 Å². The number of hydrogen-bond acceptors (Lipinski definition) is 4. The van der Waals surface area contributed by atoms with Gasteiger partial charge in [0, 0.05) is 31.1 Å². The third-order valence-electron chi connectivity index (χ3n) is 3.98. The van der Waals surface area contributed by atoms with E-state index in [0.29, 0.717) is 0 Å². The molecule has 2 aromatic carbocycles. The van der Waals surface area contributed by atoms with Gasteiger partial charge in [-0.05, 0) is 20.8 Å². The Morgan fingerprint density at radius 1 is 0.933 bits per heavy atom. The number of ether oxygens (including phenoxy) is 1. The van der Waals surface area contributed by atoms with Crippen LogP contribution in [0.1, 0.15) is 46.4 Å². The van der Waals surface area contributed by atoms with Crippen LogP contribution in [0.2, 0.25) is 0 Å². The van der Waals surface area contributed by atoms with Crippen LogP contribution in [0.15, 0.2) is 65.1 Å². The fraction of sp³-hybridized carbons (Fsp3) is 0.360. The molecular formula is C25H32N2O3. The van der Waals surface area contributed by atoms with E-state index in [-0.39, 0.29) is 17.6 Å². The maximum atomic E-state index is 10.9. The Hall–Kier alpha value is -3.08. The first-order valence-electron chi connectivity index (χ1n) is 10.1. The van der Waals surface area contributed by atoms with E-state index in [1.807, 2.05) is 57.2 Å². The molecule has 160 valence electrons. The Morgan fingerprint density at radius 3 is 1.83 bits per heavy atom. The van der Waals surface area contributed by atoms with Crippen LogP contribution in [0, 0.1) is 0 Å². The molecule has 0 unspecified atom stereocenters. The van der Waals surface area contributed by atoms with Gasteiger partial charge in [-0.3, -0.25) is 0 Å². The largest absolute Gasteiger partial charge is 0.444 e. The molecule has 0 saturated carbocycles. The number of oxazole rings is 1. The minimum absolute atomic E-state index is 0.273. The zero-order valence-electron chi connectivity index (χ0n) is 19.0. The third kappa shape index (κ3) is 6.76. The summed E-state index contributed by atoms with van der Waals surface area (Å²) in [5.74, 6) is 1.90. The summed E-state index contributed by atoms with van der Waals surface area (Å²) >= 11 is 0. The molecule has 1 heterocycles. The van der Waals surface area contributed by atoms with E-state index in [0.717, 1.165) is 28.5 Å². The van der Waals surface area contributed by atoms with Gasteiger partial charge in [0.25, 0.3) is 0 Å². The highest BCUT2D eigenvalue weighted by molar-refractivity contribution is 5.76. The molecule has 0 bridgehead atoms. The van der Waals surface area contributed by atoms with Crippen LogP contribution in [-0.2, 0) is 4.74 Å². The maximum absolute atomic E-state index is 10.9. The predicted octanol–water partition coefficient (Wildman–Crippen LogP) is 6.62. The quantitative estimate of drug-likeness (QED) is 0.489. The topological polar surface area (TPSA) is 55.6 Å². The van der Waals surface area contributed by atoms with Gasteiger partial charge in [-0.1, -0.05) is 74.5 Å². The van der Waals surface area contributed by atoms with Gasteiger partial charge in [0.1, 0.15) is 11.3 Å². The van der Waals surface area contributed by atoms with E-state index in [4.69, 9.17) is 9.15 Å². The van der Waals surface area contributed by atoms with E-state index in [1.165, 1.54) is 4.90 Å². The first kappa shape index (κ1) is 23.2. The van der Waals surface area contributed by atoms with E-state index >= 15 is 0 Å². The molecule has 0 aliphatic heterocycles. The lowest BCUT2D eigenvalue weighted by atomic mass is 10.1. The second kappa shape index (κ2) is 10.1. The van der Waals surface area contributed by atoms with Crippen molar-refractivity contribution in [2.24, 2.45) is 0 Å². The number of carbonyl (C=O) groups is 1. The normalized spacial score (nSPS) is 10.9. The predicted molar refractivity (Wildman–Crippen MR) is 121 cm³/mol. The molecule has 0 atom stereocenters. The Bertz CT molecular complexity index is 867. The minimum Gasteiger partial charge on any atom is -0.444 e. The van der Waals surface area contributed by atoms with Crippen LogP contribution >= 0.6 is 0 Å². The zero-order valence-corrected chi connectivity index (χ0v) is 19.0. The molecule has 5 heteroatoms. The molecule has 0 fully saturated rings. The molecule has 1 amide bonds. The summed E-state index contributed by atoms with van der Waals surface area (Å²) in [5.41, 5.74) is 2.68. The summed E-state index contributed by atoms with van der Waals surface area (Å²) < 4.78 is 11.0. The summed E-state index contributed by atoms with van der Waals surface area (Å²) in [6.07, 6.45) is -0.299. The molecule has 0 aliphatic rings. The van der Waals surface area contributed by atoms with Crippen LogP contribution in [-0.4, -0.2) is 35.7 Å². The van der Waals surface area contributed by atoms with Gasteiger partial charge >= 0.3 is 6.09 Å². The van der Waals surface area contributed by atoms with Gasteiger partial charge in [0.15, 0.2) is 11.7 Å². The lowest BCUT2D eigenvalue weighted by Crippen LogP contribution is -2.31. The van der Waals surface area contributed by atoms with Crippen molar-refractivity contribution in [1.29, 1.82) is 0 Å². The van der Waals surface area contributed by atoms with Crippen molar-refractivity contribution in [2.45, 2.75) is 46.1 Å². The van der Waals surface area contributed by atoms with Crippen molar-refractivity contribution in [3.05, 3.63) is 66.6 Å². The molecule has 0 aliphatic carbocycles. The molecule has 0 radical (unpaired) electrons. The van der Waals surface area contributed by atoms with Crippen molar-refractivity contribution in [1.82, 2.24) is 9.88 Å². The van der Waals surface area contributed by atoms with Crippen LogP contribution in [0.25, 0.3) is 22.6 Å². The fourth-order valence-electron chi connectivity index (χ4n) is 2.51. The smallest absolute Gasteiger partial charge is 0.409 e. The maximum Gasteiger partial charge on any atom is 0.409 e. The van der Waals surface area contributed by atoms with Crippen LogP contribution in [0.5, 0.6) is 0 Å². The second-order valence-electron chi connectivity index (χ2n) is 8.49. The van der Waals surface area contributed by atoms with Crippen LogP contribution in [0.3, 0.4) is 0 Å². The number of amides is 1. The number of benzene rings is 2. The molecule has 3 rings (SSSR count). The average molecular weight is 409 g/mol. The van der Waals surface area contributed by atoms with E-state index in [2.05, 4.69) is 43.1 Å². The van der Waals surface area contributed by atoms with Gasteiger partial charge in [0.05, 0.1) is 0 Å². The highest BCUT2D eigenvalue weighted by atomic mass is 16.6. The standard InChI is InChI=1S/C18H17NO.C7H15NO2/c1-13(2)18-19-16(14-9-5-3-6-10-14)17(20-18)15-11-7-4-8-12-15;1-7(2,3)10-6(9)8(4)5/h3-13H,1-2H3;1-5H3. The van der Waals surface area contributed by atoms with Crippen molar-refractivity contribution in [2.75, 3.05) is 14.1 Å². The summed E-state index contributed by atoms with van der Waals surface area (Å²) in [7, 11) is 3.32. The minimum atomic E-state index is -0.388. The summed E-state index contributed by atoms with van der Waals surface area (Å²) in [5, 5.41) is 0. The molecule has 30 heavy (non-hydrogen) atoms. The first-order chi connectivity index (χ1) is 14.1. The van der Waals surface area contributed by atoms with Gasteiger partial charge in [0.2, 0.25) is 0 Å². The zero-order chi connectivity index (χ0) is 22.3. The second-order valence-corrected chi connectivity index (χ2v) is 8.49. The molecule has 5 nitrogen and oxygen atoms in total. The van der Waals surface area contributed by atoms with E-state index < -0.39 is 0 Å². The van der Waals surface area contributed by atoms with Crippen LogP contribution < -0.4 is 0 Å². The number of nitrogens with zero attached hydrogens (tertiary/aromatic N) is 2. The molecule has 1 aromatic heterocycles. The van der Waals surface area contributed by atoms with E-state index in [1.54, 1.807) is 14.1 Å². The number of carbonyl (C=O) groups excluding carboxylic acids is 1. The Balaban J connectivity index is 0.000000274. The molecule has 0 saturated heterocycles. The Kier molecular flexibility index (Phi) is 7.81. The molecule has 0 spiro atoms. The van der Waals surface area contributed by atoms with Gasteiger partial charge in [-0.2, -0.15) is 0 Å². The van der Waals surface area contributed by atoms with Crippen LogP contribution in [0.4, 0.5) is 4.79 Å². The van der Waals surface area contributed by atoms with Crippen molar-refractivity contribution < 1.29 is 13.9 Å².